The van der Waals surface area contributed by atoms with E-state index in [0.29, 0.717) is 6.04 Å². The van der Waals surface area contributed by atoms with E-state index in [1.165, 1.54) is 31.4 Å². The van der Waals surface area contributed by atoms with Gasteiger partial charge in [-0.1, -0.05) is 0 Å². The third-order valence-electron chi connectivity index (χ3n) is 4.07. The average Bonchev–Trinajstić information content (AvgIpc) is 3.10. The Morgan fingerprint density at radius 2 is 2.37 bits per heavy atom. The molecule has 0 amide bonds. The topological polar surface area (TPSA) is 50.4 Å². The van der Waals surface area contributed by atoms with Gasteiger partial charge in [0.05, 0.1) is 18.3 Å². The van der Waals surface area contributed by atoms with Crippen LogP contribution in [0.2, 0.25) is 0 Å². The maximum atomic E-state index is 5.82. The van der Waals surface area contributed by atoms with Gasteiger partial charge in [0.1, 0.15) is 0 Å². The predicted octanol–water partition coefficient (Wildman–Crippen LogP) is 2.09. The van der Waals surface area contributed by atoms with Gasteiger partial charge in [0.25, 0.3) is 0 Å². The van der Waals surface area contributed by atoms with Crippen molar-refractivity contribution in [3.63, 3.8) is 0 Å². The Bertz CT molecular complexity index is 363. The SMILES string of the molecule is c1cc([C@H]2CCCN2CCO[C@H]2CCCCO2)[nH]n1. The normalized spacial score (nSPS) is 28.8. The minimum absolute atomic E-state index is 0.0296. The molecule has 106 valence electrons. The van der Waals surface area contributed by atoms with E-state index in [0.717, 1.165) is 32.7 Å². The number of aromatic nitrogens is 2. The predicted molar refractivity (Wildman–Crippen MR) is 71.7 cm³/mol. The smallest absolute Gasteiger partial charge is 0.157 e. The fraction of sp³-hybridized carbons (Fsp3) is 0.786. The first kappa shape index (κ1) is 13.1. The van der Waals surface area contributed by atoms with Crippen molar-refractivity contribution in [2.45, 2.75) is 44.4 Å². The van der Waals surface area contributed by atoms with Crippen LogP contribution in [-0.4, -0.2) is 47.7 Å². The van der Waals surface area contributed by atoms with E-state index in [1.54, 1.807) is 0 Å². The summed E-state index contributed by atoms with van der Waals surface area (Å²) in [6, 6.07) is 2.56. The van der Waals surface area contributed by atoms with Gasteiger partial charge in [0, 0.05) is 19.3 Å². The highest BCUT2D eigenvalue weighted by Gasteiger charge is 2.26. The number of nitrogens with one attached hydrogen (secondary N) is 1. The summed E-state index contributed by atoms with van der Waals surface area (Å²) in [5.74, 6) is 0. The van der Waals surface area contributed by atoms with Crippen molar-refractivity contribution in [1.82, 2.24) is 15.1 Å². The Labute approximate surface area is 114 Å². The van der Waals surface area contributed by atoms with Crippen LogP contribution in [0.5, 0.6) is 0 Å². The zero-order valence-corrected chi connectivity index (χ0v) is 11.4. The zero-order chi connectivity index (χ0) is 12.9. The first-order valence-corrected chi connectivity index (χ1v) is 7.40. The molecule has 2 atom stereocenters. The maximum absolute atomic E-state index is 5.82. The summed E-state index contributed by atoms with van der Waals surface area (Å²) in [7, 11) is 0. The van der Waals surface area contributed by atoms with Gasteiger partial charge in [0.15, 0.2) is 6.29 Å². The van der Waals surface area contributed by atoms with E-state index in [4.69, 9.17) is 9.47 Å². The van der Waals surface area contributed by atoms with Crippen LogP contribution in [0, 0.1) is 0 Å². The molecule has 0 unspecified atom stereocenters. The maximum Gasteiger partial charge on any atom is 0.157 e. The molecular weight excluding hydrogens is 242 g/mol. The van der Waals surface area contributed by atoms with Gasteiger partial charge in [-0.25, -0.2) is 0 Å². The van der Waals surface area contributed by atoms with E-state index >= 15 is 0 Å². The molecule has 0 bridgehead atoms. The number of nitrogens with zero attached hydrogens (tertiary/aromatic N) is 2. The van der Waals surface area contributed by atoms with Gasteiger partial charge in [0.2, 0.25) is 0 Å². The quantitative estimate of drug-likeness (QED) is 0.885. The lowest BCUT2D eigenvalue weighted by atomic mass is 10.1. The highest BCUT2D eigenvalue weighted by Crippen LogP contribution is 2.30. The third kappa shape index (κ3) is 3.35. The van der Waals surface area contributed by atoms with E-state index in [-0.39, 0.29) is 6.29 Å². The van der Waals surface area contributed by atoms with Crippen LogP contribution in [0.4, 0.5) is 0 Å². The first-order valence-electron chi connectivity index (χ1n) is 7.40. The monoisotopic (exact) mass is 265 g/mol. The summed E-state index contributed by atoms with van der Waals surface area (Å²) in [6.45, 7) is 3.74. The van der Waals surface area contributed by atoms with E-state index in [9.17, 15) is 0 Å². The first-order chi connectivity index (χ1) is 9.43. The average molecular weight is 265 g/mol. The van der Waals surface area contributed by atoms with Gasteiger partial charge in [-0.05, 0) is 44.7 Å². The summed E-state index contributed by atoms with van der Waals surface area (Å²) in [5, 5.41) is 7.14. The van der Waals surface area contributed by atoms with Gasteiger partial charge in [-0.3, -0.25) is 10.00 Å². The number of hydrogen-bond acceptors (Lipinski definition) is 4. The van der Waals surface area contributed by atoms with Crippen molar-refractivity contribution in [3.8, 4) is 0 Å². The molecule has 0 aliphatic carbocycles. The van der Waals surface area contributed by atoms with E-state index in [2.05, 4.69) is 21.2 Å². The van der Waals surface area contributed by atoms with Crippen molar-refractivity contribution >= 4 is 0 Å². The number of H-pyrrole nitrogens is 1. The second-order valence-corrected chi connectivity index (χ2v) is 5.37. The summed E-state index contributed by atoms with van der Waals surface area (Å²) in [4.78, 5) is 2.48. The summed E-state index contributed by atoms with van der Waals surface area (Å²) < 4.78 is 11.4. The molecule has 2 aliphatic heterocycles. The van der Waals surface area contributed by atoms with Crippen LogP contribution >= 0.6 is 0 Å². The lowest BCUT2D eigenvalue weighted by Crippen LogP contribution is -2.30. The van der Waals surface area contributed by atoms with Crippen LogP contribution in [0.15, 0.2) is 12.3 Å². The molecular formula is C14H23N3O2. The molecule has 0 radical (unpaired) electrons. The molecule has 0 aromatic carbocycles. The molecule has 3 rings (SSSR count). The molecule has 5 heteroatoms. The fourth-order valence-corrected chi connectivity index (χ4v) is 3.04. The van der Waals surface area contributed by atoms with Gasteiger partial charge >= 0.3 is 0 Å². The molecule has 3 heterocycles. The van der Waals surface area contributed by atoms with Crippen LogP contribution in [0.25, 0.3) is 0 Å². The Hall–Kier alpha value is -0.910. The van der Waals surface area contributed by atoms with Crippen LogP contribution < -0.4 is 0 Å². The van der Waals surface area contributed by atoms with Crippen molar-refractivity contribution in [1.29, 1.82) is 0 Å². The van der Waals surface area contributed by atoms with E-state index < -0.39 is 0 Å². The molecule has 1 aromatic heterocycles. The van der Waals surface area contributed by atoms with Crippen molar-refractivity contribution < 1.29 is 9.47 Å². The van der Waals surface area contributed by atoms with E-state index in [1.807, 2.05) is 6.20 Å². The fourth-order valence-electron chi connectivity index (χ4n) is 3.04. The standard InChI is InChI=1S/C14H23N3O2/c1-2-10-18-14(5-1)19-11-9-17-8-3-4-13(17)12-6-7-15-16-12/h6-7,13-14H,1-5,8-11H2,(H,15,16)/t13-,14+/m1/s1. The number of likely N-dealkylation sites (tertiary alicyclic amines) is 1. The van der Waals surface area contributed by atoms with Crippen LogP contribution in [-0.2, 0) is 9.47 Å². The second kappa shape index (κ2) is 6.50. The van der Waals surface area contributed by atoms with Gasteiger partial charge in [-0.2, -0.15) is 5.10 Å². The molecule has 0 spiro atoms. The third-order valence-corrected chi connectivity index (χ3v) is 4.07. The molecule has 2 saturated heterocycles. The number of hydrogen-bond donors (Lipinski definition) is 1. The van der Waals surface area contributed by atoms with Crippen LogP contribution in [0.3, 0.4) is 0 Å². The summed E-state index contributed by atoms with van der Waals surface area (Å²) in [6.07, 6.45) is 7.77. The second-order valence-electron chi connectivity index (χ2n) is 5.37. The minimum Gasteiger partial charge on any atom is -0.353 e. The summed E-state index contributed by atoms with van der Waals surface area (Å²) in [5.41, 5.74) is 1.23. The molecule has 5 nitrogen and oxygen atoms in total. The molecule has 2 fully saturated rings. The Morgan fingerprint density at radius 3 is 3.16 bits per heavy atom. The molecule has 1 N–H and O–H groups in total. The minimum atomic E-state index is 0.0296. The van der Waals surface area contributed by atoms with Crippen molar-refractivity contribution in [2.24, 2.45) is 0 Å². The Morgan fingerprint density at radius 1 is 1.37 bits per heavy atom. The Balaban J connectivity index is 1.44. The number of aromatic amines is 1. The van der Waals surface area contributed by atoms with Crippen molar-refractivity contribution in [2.75, 3.05) is 26.3 Å². The largest absolute Gasteiger partial charge is 0.353 e. The number of rotatable bonds is 5. The highest BCUT2D eigenvalue weighted by molar-refractivity contribution is 5.06. The molecule has 0 saturated carbocycles. The van der Waals surface area contributed by atoms with Gasteiger partial charge < -0.3 is 9.47 Å². The molecule has 19 heavy (non-hydrogen) atoms. The summed E-state index contributed by atoms with van der Waals surface area (Å²) >= 11 is 0. The highest BCUT2D eigenvalue weighted by atomic mass is 16.7. The molecule has 2 aliphatic rings. The van der Waals surface area contributed by atoms with Crippen LogP contribution in [0.1, 0.15) is 43.8 Å². The lowest BCUT2D eigenvalue weighted by Gasteiger charge is -2.26. The molecule has 1 aromatic rings. The van der Waals surface area contributed by atoms with Gasteiger partial charge in [-0.15, -0.1) is 0 Å². The zero-order valence-electron chi connectivity index (χ0n) is 11.4. The van der Waals surface area contributed by atoms with Crippen molar-refractivity contribution in [3.05, 3.63) is 18.0 Å². The number of ether oxygens (including phenoxy) is 2. The Kier molecular flexibility index (Phi) is 4.48. The lowest BCUT2D eigenvalue weighted by molar-refractivity contribution is -0.164.